The van der Waals surface area contributed by atoms with Crippen LogP contribution in [0, 0.1) is 10.1 Å². The molecule has 0 bridgehead atoms. The minimum absolute atomic E-state index is 0.0397. The average molecular weight is 535 g/mol. The molecule has 0 spiro atoms. The Balaban J connectivity index is 1.38. The fraction of sp³-hybridized carbons (Fsp3) is 0.379. The van der Waals surface area contributed by atoms with E-state index in [0.717, 1.165) is 37.1 Å². The predicted molar refractivity (Wildman–Crippen MR) is 149 cm³/mol. The second-order valence-corrected chi connectivity index (χ2v) is 12.0. The first-order valence-corrected chi connectivity index (χ1v) is 14.8. The van der Waals surface area contributed by atoms with Crippen LogP contribution >= 0.6 is 0 Å². The van der Waals surface area contributed by atoms with E-state index in [4.69, 9.17) is 0 Å². The minimum Gasteiger partial charge on any atom is -0.369 e. The Morgan fingerprint density at radius 3 is 1.95 bits per heavy atom. The molecule has 0 radical (unpaired) electrons. The van der Waals surface area contributed by atoms with Crippen LogP contribution < -0.4 is 5.32 Å². The molecule has 1 N–H and O–H groups in total. The van der Waals surface area contributed by atoms with Gasteiger partial charge in [0.25, 0.3) is 5.69 Å². The summed E-state index contributed by atoms with van der Waals surface area (Å²) in [7, 11) is -3.84. The molecule has 38 heavy (non-hydrogen) atoms. The number of piperidine rings is 2. The molecule has 200 valence electrons. The van der Waals surface area contributed by atoms with Crippen LogP contribution in [-0.2, 0) is 10.0 Å². The number of nitrogens with zero attached hydrogens (tertiary/aromatic N) is 3. The molecule has 5 rings (SSSR count). The molecule has 0 saturated carbocycles. The molecule has 2 fully saturated rings. The Morgan fingerprint density at radius 2 is 1.39 bits per heavy atom. The summed E-state index contributed by atoms with van der Waals surface area (Å²) in [5, 5.41) is 15.4. The van der Waals surface area contributed by atoms with Crippen molar-refractivity contribution in [3.05, 3.63) is 100 Å². The summed E-state index contributed by atoms with van der Waals surface area (Å²) in [5.74, 6) is 0. The number of benzene rings is 3. The highest BCUT2D eigenvalue weighted by molar-refractivity contribution is 7.89. The molecule has 2 saturated heterocycles. The van der Waals surface area contributed by atoms with E-state index in [2.05, 4.69) is 10.2 Å². The van der Waals surface area contributed by atoms with Gasteiger partial charge in [-0.05, 0) is 62.0 Å². The first-order chi connectivity index (χ1) is 18.4. The Labute approximate surface area is 224 Å². The van der Waals surface area contributed by atoms with Crippen molar-refractivity contribution in [2.45, 2.75) is 49.1 Å². The topological polar surface area (TPSA) is 95.8 Å². The van der Waals surface area contributed by atoms with Crippen LogP contribution in [0.4, 0.5) is 11.4 Å². The lowest BCUT2D eigenvalue weighted by molar-refractivity contribution is -0.384. The summed E-state index contributed by atoms with van der Waals surface area (Å²) in [6, 6.07) is 23.6. The van der Waals surface area contributed by atoms with Gasteiger partial charge in [-0.2, -0.15) is 4.31 Å². The van der Waals surface area contributed by atoms with E-state index >= 15 is 0 Å². The molecule has 9 heteroatoms. The molecule has 8 nitrogen and oxygen atoms in total. The van der Waals surface area contributed by atoms with E-state index in [-0.39, 0.29) is 22.3 Å². The van der Waals surface area contributed by atoms with Crippen molar-refractivity contribution in [3.63, 3.8) is 0 Å². The summed E-state index contributed by atoms with van der Waals surface area (Å²) in [6.45, 7) is 3.04. The molecule has 0 amide bonds. The van der Waals surface area contributed by atoms with Gasteiger partial charge in [-0.3, -0.25) is 10.1 Å². The molecule has 0 aliphatic carbocycles. The predicted octanol–water partition coefficient (Wildman–Crippen LogP) is 5.44. The maximum absolute atomic E-state index is 13.5. The number of likely N-dealkylation sites (tertiary alicyclic amines) is 1. The van der Waals surface area contributed by atoms with E-state index in [9.17, 15) is 18.5 Å². The van der Waals surface area contributed by atoms with E-state index in [1.807, 2.05) is 60.7 Å². The lowest BCUT2D eigenvalue weighted by atomic mass is 9.98. The van der Waals surface area contributed by atoms with Crippen LogP contribution in [0.2, 0.25) is 0 Å². The van der Waals surface area contributed by atoms with Crippen molar-refractivity contribution in [1.82, 2.24) is 9.21 Å². The van der Waals surface area contributed by atoms with Crippen LogP contribution in [0.25, 0.3) is 0 Å². The second kappa shape index (κ2) is 11.6. The molecule has 3 aromatic carbocycles. The third kappa shape index (κ3) is 5.75. The fourth-order valence-corrected chi connectivity index (χ4v) is 7.12. The Bertz CT molecular complexity index is 1300. The van der Waals surface area contributed by atoms with Crippen LogP contribution in [0.5, 0.6) is 0 Å². The Morgan fingerprint density at radius 1 is 0.816 bits per heavy atom. The normalized spacial score (nSPS) is 17.9. The highest BCUT2D eigenvalue weighted by Gasteiger charge is 2.33. The Kier molecular flexibility index (Phi) is 8.06. The van der Waals surface area contributed by atoms with E-state index in [1.165, 1.54) is 41.8 Å². The van der Waals surface area contributed by atoms with Gasteiger partial charge in [0.2, 0.25) is 10.0 Å². The van der Waals surface area contributed by atoms with E-state index < -0.39 is 14.9 Å². The largest absolute Gasteiger partial charge is 0.369 e. The van der Waals surface area contributed by atoms with Crippen LogP contribution in [0.3, 0.4) is 0 Å². The number of sulfonamides is 1. The molecule has 0 atom stereocenters. The lowest BCUT2D eigenvalue weighted by Gasteiger charge is -2.39. The van der Waals surface area contributed by atoms with Gasteiger partial charge in [0, 0.05) is 25.2 Å². The summed E-state index contributed by atoms with van der Waals surface area (Å²) >= 11 is 0. The highest BCUT2D eigenvalue weighted by Crippen LogP contribution is 2.35. The summed E-state index contributed by atoms with van der Waals surface area (Å²) in [6.07, 6.45) is 5.26. The van der Waals surface area contributed by atoms with Crippen molar-refractivity contribution in [1.29, 1.82) is 0 Å². The van der Waals surface area contributed by atoms with Crippen molar-refractivity contribution in [2.75, 3.05) is 31.5 Å². The molecule has 2 aliphatic heterocycles. The molecule has 0 aromatic heterocycles. The number of nitrogens with one attached hydrogen (secondary N) is 1. The van der Waals surface area contributed by atoms with Crippen LogP contribution in [-0.4, -0.2) is 54.8 Å². The van der Waals surface area contributed by atoms with Crippen molar-refractivity contribution < 1.29 is 13.3 Å². The zero-order chi connectivity index (χ0) is 26.5. The SMILES string of the molecule is O=[N+]([O-])c1cc(S(=O)(=O)N2CCC(N3CCCCC3)CC2)ccc1NC(c1ccccc1)c1ccccc1. The van der Waals surface area contributed by atoms with Crippen molar-refractivity contribution in [2.24, 2.45) is 0 Å². The molecule has 3 aromatic rings. The summed E-state index contributed by atoms with van der Waals surface area (Å²) in [5.41, 5.74) is 1.91. The molecular weight excluding hydrogens is 500 g/mol. The van der Waals surface area contributed by atoms with E-state index in [0.29, 0.717) is 19.1 Å². The van der Waals surface area contributed by atoms with Crippen LogP contribution in [0.1, 0.15) is 49.3 Å². The van der Waals surface area contributed by atoms with Gasteiger partial charge in [-0.1, -0.05) is 67.1 Å². The quantitative estimate of drug-likeness (QED) is 0.306. The number of rotatable bonds is 8. The molecule has 0 unspecified atom stereocenters. The molecule has 2 aliphatic rings. The number of nitro groups is 1. The fourth-order valence-electron chi connectivity index (χ4n) is 5.63. The zero-order valence-electron chi connectivity index (χ0n) is 21.4. The number of anilines is 1. The first-order valence-electron chi connectivity index (χ1n) is 13.3. The van der Waals surface area contributed by atoms with E-state index in [1.54, 1.807) is 0 Å². The third-order valence-electron chi connectivity index (χ3n) is 7.70. The molecular formula is C29H34N4O4S. The van der Waals surface area contributed by atoms with Gasteiger partial charge in [0.05, 0.1) is 15.9 Å². The van der Waals surface area contributed by atoms with Crippen molar-refractivity contribution >= 4 is 21.4 Å². The lowest BCUT2D eigenvalue weighted by Crippen LogP contribution is -2.48. The maximum Gasteiger partial charge on any atom is 0.293 e. The number of hydrogen-bond donors (Lipinski definition) is 1. The number of nitro benzene ring substituents is 1. The minimum atomic E-state index is -3.84. The van der Waals surface area contributed by atoms with Gasteiger partial charge in [-0.25, -0.2) is 8.42 Å². The average Bonchev–Trinajstić information content (AvgIpc) is 2.97. The summed E-state index contributed by atoms with van der Waals surface area (Å²) in [4.78, 5) is 14.0. The maximum atomic E-state index is 13.5. The summed E-state index contributed by atoms with van der Waals surface area (Å²) < 4.78 is 28.5. The number of hydrogen-bond acceptors (Lipinski definition) is 6. The highest BCUT2D eigenvalue weighted by atomic mass is 32.2. The standard InChI is InChI=1S/C29H34N4O4S/c34-33(35)28-22-26(38(36,37)32-20-16-25(17-21-32)31-18-8-3-9-19-31)14-15-27(28)30-29(23-10-4-1-5-11-23)24-12-6-2-7-13-24/h1-2,4-7,10-15,22,25,29-30H,3,8-9,16-21H2. The molecule has 2 heterocycles. The first kappa shape index (κ1) is 26.3. The van der Waals surface area contributed by atoms with Gasteiger partial charge in [0.15, 0.2) is 0 Å². The monoisotopic (exact) mass is 534 g/mol. The van der Waals surface area contributed by atoms with Gasteiger partial charge >= 0.3 is 0 Å². The Hall–Kier alpha value is -3.27. The zero-order valence-corrected chi connectivity index (χ0v) is 22.2. The van der Waals surface area contributed by atoms with Gasteiger partial charge < -0.3 is 10.2 Å². The van der Waals surface area contributed by atoms with Crippen LogP contribution in [0.15, 0.2) is 83.8 Å². The second-order valence-electron chi connectivity index (χ2n) is 10.1. The van der Waals surface area contributed by atoms with Crippen molar-refractivity contribution in [3.8, 4) is 0 Å². The van der Waals surface area contributed by atoms with Gasteiger partial charge in [-0.15, -0.1) is 0 Å². The third-order valence-corrected chi connectivity index (χ3v) is 9.59. The smallest absolute Gasteiger partial charge is 0.293 e. The van der Waals surface area contributed by atoms with Gasteiger partial charge in [0.1, 0.15) is 5.69 Å².